The number of nitrogens with two attached hydrogens (primary N) is 1. The molecular weight excluding hydrogens is 238 g/mol. The van der Waals surface area contributed by atoms with Gasteiger partial charge in [-0.15, -0.1) is 0 Å². The first kappa shape index (κ1) is 13.6. The second-order valence-electron chi connectivity index (χ2n) is 4.87. The second kappa shape index (κ2) is 5.45. The van der Waals surface area contributed by atoms with Crippen molar-refractivity contribution in [3.05, 3.63) is 36.3 Å². The highest BCUT2D eigenvalue weighted by Gasteiger charge is 2.22. The lowest BCUT2D eigenvalue weighted by Gasteiger charge is -2.19. The summed E-state index contributed by atoms with van der Waals surface area (Å²) in [6, 6.07) is 7.95. The molecule has 19 heavy (non-hydrogen) atoms. The molecule has 102 valence electrons. The van der Waals surface area contributed by atoms with Crippen LogP contribution in [0.5, 0.6) is 5.75 Å². The maximum absolute atomic E-state index is 6.18. The van der Waals surface area contributed by atoms with E-state index in [1.54, 1.807) is 0 Å². The lowest BCUT2D eigenvalue weighted by Crippen LogP contribution is -2.33. The van der Waals surface area contributed by atoms with Crippen molar-refractivity contribution in [2.45, 2.75) is 32.7 Å². The number of benzene rings is 1. The fourth-order valence-electron chi connectivity index (χ4n) is 1.82. The molecule has 1 atom stereocenters. The van der Waals surface area contributed by atoms with Crippen LogP contribution in [0.3, 0.4) is 0 Å². The zero-order valence-corrected chi connectivity index (χ0v) is 11.7. The Morgan fingerprint density at radius 2 is 1.95 bits per heavy atom. The maximum atomic E-state index is 6.18. The van der Waals surface area contributed by atoms with E-state index in [-0.39, 0.29) is 0 Å². The Morgan fingerprint density at radius 1 is 1.26 bits per heavy atom. The van der Waals surface area contributed by atoms with E-state index in [2.05, 4.69) is 16.9 Å². The van der Waals surface area contributed by atoms with Crippen LogP contribution in [-0.2, 0) is 5.54 Å². The highest BCUT2D eigenvalue weighted by Crippen LogP contribution is 2.24. The fourth-order valence-corrected chi connectivity index (χ4v) is 1.82. The Morgan fingerprint density at radius 3 is 2.53 bits per heavy atom. The molecule has 4 nitrogen and oxygen atoms in total. The normalized spacial score (nSPS) is 14.1. The van der Waals surface area contributed by atoms with Crippen LogP contribution in [0.1, 0.15) is 33.0 Å². The molecule has 0 saturated heterocycles. The Bertz CT molecular complexity index is 529. The van der Waals surface area contributed by atoms with Crippen molar-refractivity contribution in [1.82, 2.24) is 9.97 Å². The van der Waals surface area contributed by atoms with Crippen LogP contribution < -0.4 is 10.5 Å². The standard InChI is InChI=1S/C15H21N3O/c1-4-15(3,16)14-17-10-13(18-14)11-6-8-12(9-7-11)19-5-2/h6-10H,4-5,16H2,1-3H3,(H,17,18). The molecule has 0 spiro atoms. The fraction of sp³-hybridized carbons (Fsp3) is 0.400. The van der Waals surface area contributed by atoms with Crippen molar-refractivity contribution in [1.29, 1.82) is 0 Å². The van der Waals surface area contributed by atoms with Crippen LogP contribution >= 0.6 is 0 Å². The van der Waals surface area contributed by atoms with Gasteiger partial charge in [-0.3, -0.25) is 0 Å². The highest BCUT2D eigenvalue weighted by atomic mass is 16.5. The summed E-state index contributed by atoms with van der Waals surface area (Å²) in [6.45, 7) is 6.68. The van der Waals surface area contributed by atoms with E-state index in [1.807, 2.05) is 44.3 Å². The highest BCUT2D eigenvalue weighted by molar-refractivity contribution is 5.59. The van der Waals surface area contributed by atoms with Gasteiger partial charge in [0.05, 0.1) is 24.0 Å². The topological polar surface area (TPSA) is 63.9 Å². The van der Waals surface area contributed by atoms with E-state index in [0.29, 0.717) is 6.61 Å². The number of aromatic nitrogens is 2. The average molecular weight is 259 g/mol. The molecule has 0 fully saturated rings. The van der Waals surface area contributed by atoms with Crippen molar-refractivity contribution < 1.29 is 4.74 Å². The van der Waals surface area contributed by atoms with E-state index in [1.165, 1.54) is 0 Å². The van der Waals surface area contributed by atoms with Gasteiger partial charge >= 0.3 is 0 Å². The lowest BCUT2D eigenvalue weighted by atomic mass is 10.00. The van der Waals surface area contributed by atoms with Gasteiger partial charge in [-0.25, -0.2) is 4.98 Å². The smallest absolute Gasteiger partial charge is 0.126 e. The summed E-state index contributed by atoms with van der Waals surface area (Å²) in [4.78, 5) is 7.68. The maximum Gasteiger partial charge on any atom is 0.126 e. The van der Waals surface area contributed by atoms with Crippen molar-refractivity contribution >= 4 is 0 Å². The first-order valence-electron chi connectivity index (χ1n) is 6.64. The Balaban J connectivity index is 2.23. The average Bonchev–Trinajstić information content (AvgIpc) is 2.90. The molecule has 0 amide bonds. The molecular formula is C15H21N3O. The minimum atomic E-state index is -0.413. The number of rotatable bonds is 5. The van der Waals surface area contributed by atoms with E-state index >= 15 is 0 Å². The van der Waals surface area contributed by atoms with Crippen molar-refractivity contribution in [2.75, 3.05) is 6.61 Å². The van der Waals surface area contributed by atoms with Gasteiger partial charge < -0.3 is 15.5 Å². The van der Waals surface area contributed by atoms with Gasteiger partial charge in [0.2, 0.25) is 0 Å². The van der Waals surface area contributed by atoms with Crippen molar-refractivity contribution in [3.63, 3.8) is 0 Å². The number of imidazole rings is 1. The monoisotopic (exact) mass is 259 g/mol. The van der Waals surface area contributed by atoms with E-state index in [9.17, 15) is 0 Å². The summed E-state index contributed by atoms with van der Waals surface area (Å²) in [7, 11) is 0. The summed E-state index contributed by atoms with van der Waals surface area (Å²) in [6.07, 6.45) is 2.66. The first-order chi connectivity index (χ1) is 9.06. The summed E-state index contributed by atoms with van der Waals surface area (Å²) in [5, 5.41) is 0. The number of H-pyrrole nitrogens is 1. The van der Waals surface area contributed by atoms with Gasteiger partial charge in [0.15, 0.2) is 0 Å². The Hall–Kier alpha value is -1.81. The minimum absolute atomic E-state index is 0.413. The molecule has 1 heterocycles. The van der Waals surface area contributed by atoms with Crippen LogP contribution in [0.15, 0.2) is 30.5 Å². The van der Waals surface area contributed by atoms with Crippen LogP contribution in [-0.4, -0.2) is 16.6 Å². The third-order valence-electron chi connectivity index (χ3n) is 3.33. The van der Waals surface area contributed by atoms with E-state index in [0.717, 1.165) is 29.3 Å². The predicted molar refractivity (Wildman–Crippen MR) is 77.0 cm³/mol. The molecule has 3 N–H and O–H groups in total. The number of hydrogen-bond acceptors (Lipinski definition) is 3. The van der Waals surface area contributed by atoms with Gasteiger partial charge in [0.1, 0.15) is 11.6 Å². The number of aromatic amines is 1. The zero-order valence-electron chi connectivity index (χ0n) is 11.7. The second-order valence-corrected chi connectivity index (χ2v) is 4.87. The van der Waals surface area contributed by atoms with Crippen molar-refractivity contribution in [2.24, 2.45) is 5.73 Å². The molecule has 0 aliphatic heterocycles. The zero-order chi connectivity index (χ0) is 13.9. The number of nitrogens with zero attached hydrogens (tertiary/aromatic N) is 1. The molecule has 1 aromatic heterocycles. The van der Waals surface area contributed by atoms with Gasteiger partial charge in [-0.1, -0.05) is 6.92 Å². The van der Waals surface area contributed by atoms with Gasteiger partial charge in [0.25, 0.3) is 0 Å². The SMILES string of the molecule is CCOc1ccc(-c2cnc(C(C)(N)CC)[nH]2)cc1. The molecule has 1 aromatic carbocycles. The lowest BCUT2D eigenvalue weighted by molar-refractivity contribution is 0.340. The van der Waals surface area contributed by atoms with E-state index < -0.39 is 5.54 Å². The number of ether oxygens (including phenoxy) is 1. The molecule has 0 saturated carbocycles. The Kier molecular flexibility index (Phi) is 3.90. The van der Waals surface area contributed by atoms with Crippen LogP contribution in [0.25, 0.3) is 11.3 Å². The van der Waals surface area contributed by atoms with Gasteiger partial charge in [0, 0.05) is 0 Å². The first-order valence-corrected chi connectivity index (χ1v) is 6.64. The third-order valence-corrected chi connectivity index (χ3v) is 3.33. The number of hydrogen-bond donors (Lipinski definition) is 2. The summed E-state index contributed by atoms with van der Waals surface area (Å²) >= 11 is 0. The molecule has 0 aliphatic rings. The predicted octanol–water partition coefficient (Wildman–Crippen LogP) is 3.06. The minimum Gasteiger partial charge on any atom is -0.494 e. The van der Waals surface area contributed by atoms with E-state index in [4.69, 9.17) is 10.5 Å². The molecule has 0 aliphatic carbocycles. The molecule has 0 bridgehead atoms. The van der Waals surface area contributed by atoms with Crippen LogP contribution in [0.2, 0.25) is 0 Å². The quantitative estimate of drug-likeness (QED) is 0.867. The largest absolute Gasteiger partial charge is 0.494 e. The van der Waals surface area contributed by atoms with Crippen molar-refractivity contribution in [3.8, 4) is 17.0 Å². The molecule has 2 rings (SSSR count). The molecule has 1 unspecified atom stereocenters. The van der Waals surface area contributed by atoms with Crippen LogP contribution in [0.4, 0.5) is 0 Å². The molecule has 0 radical (unpaired) electrons. The summed E-state index contributed by atoms with van der Waals surface area (Å²) < 4.78 is 5.43. The van der Waals surface area contributed by atoms with Gasteiger partial charge in [-0.2, -0.15) is 0 Å². The van der Waals surface area contributed by atoms with Gasteiger partial charge in [-0.05, 0) is 50.1 Å². The Labute approximate surface area is 114 Å². The number of nitrogens with one attached hydrogen (secondary N) is 1. The summed E-state index contributed by atoms with van der Waals surface area (Å²) in [5.74, 6) is 1.70. The van der Waals surface area contributed by atoms with Crippen LogP contribution in [0, 0.1) is 0 Å². The molecule has 4 heteroatoms. The molecule has 2 aromatic rings. The summed E-state index contributed by atoms with van der Waals surface area (Å²) in [5.41, 5.74) is 7.82. The third kappa shape index (κ3) is 2.96.